The van der Waals surface area contributed by atoms with Crippen LogP contribution >= 0.6 is 58.4 Å². The lowest BCUT2D eigenvalue weighted by molar-refractivity contribution is 1.49. The molecule has 0 fully saturated rings. The zero-order valence-corrected chi connectivity index (χ0v) is 9.54. The van der Waals surface area contributed by atoms with E-state index in [1.807, 2.05) is 11.8 Å². The first-order chi connectivity index (χ1) is 5.25. The molecule has 0 amide bonds. The molecule has 2 heterocycles. The Morgan fingerprint density at radius 1 is 1.27 bits per heavy atom. The minimum atomic E-state index is 1.03. The number of thioether (sulfide) groups is 2. The maximum Gasteiger partial charge on any atom is 0.145 e. The van der Waals surface area contributed by atoms with E-state index in [2.05, 4.69) is 6.58 Å². The molecule has 0 nitrogen and oxygen atoms in total. The lowest BCUT2D eigenvalue weighted by Crippen LogP contribution is -1.84. The predicted octanol–water partition coefficient (Wildman–Crippen LogP) is 4.25. The van der Waals surface area contributed by atoms with Crippen molar-refractivity contribution >= 4 is 58.4 Å². The summed E-state index contributed by atoms with van der Waals surface area (Å²) in [7, 11) is 0. The molecule has 0 spiro atoms. The molecule has 0 saturated carbocycles. The highest BCUT2D eigenvalue weighted by atomic mass is 32.2. The van der Waals surface area contributed by atoms with E-state index in [1.54, 1.807) is 34.4 Å². The van der Waals surface area contributed by atoms with Crippen molar-refractivity contribution in [2.24, 2.45) is 0 Å². The standard InChI is InChI=1S/C6H4S5/c1-3-2-8-4-5(9-3)11-6(7)10-4/h1-2H2. The highest BCUT2D eigenvalue weighted by Gasteiger charge is 2.15. The van der Waals surface area contributed by atoms with Crippen LogP contribution in [-0.4, -0.2) is 5.75 Å². The van der Waals surface area contributed by atoms with E-state index >= 15 is 0 Å². The Morgan fingerprint density at radius 2 is 2.00 bits per heavy atom. The van der Waals surface area contributed by atoms with Gasteiger partial charge in [-0.25, -0.2) is 0 Å². The number of hydrogen-bond donors (Lipinski definition) is 0. The maximum absolute atomic E-state index is 5.10. The second-order valence-electron chi connectivity index (χ2n) is 1.96. The van der Waals surface area contributed by atoms with Gasteiger partial charge < -0.3 is 0 Å². The van der Waals surface area contributed by atoms with Gasteiger partial charge in [0.1, 0.15) is 3.14 Å². The molecule has 0 atom stereocenters. The zero-order valence-electron chi connectivity index (χ0n) is 5.46. The van der Waals surface area contributed by atoms with E-state index in [0.29, 0.717) is 0 Å². The van der Waals surface area contributed by atoms with Crippen molar-refractivity contribution in [3.63, 3.8) is 0 Å². The second-order valence-corrected chi connectivity index (χ2v) is 7.88. The summed E-state index contributed by atoms with van der Waals surface area (Å²) in [4.78, 5) is 1.24. The second kappa shape index (κ2) is 3.22. The number of hydrogen-bond acceptors (Lipinski definition) is 5. The van der Waals surface area contributed by atoms with Crippen LogP contribution in [0.5, 0.6) is 0 Å². The molecule has 0 aliphatic carbocycles. The van der Waals surface area contributed by atoms with Crippen LogP contribution in [0, 0.1) is 3.14 Å². The SMILES string of the molecule is C=C1CSc2sc(=S)sc2S1. The summed E-state index contributed by atoms with van der Waals surface area (Å²) in [5.74, 6) is 1.04. The topological polar surface area (TPSA) is 0 Å². The molecule has 0 radical (unpaired) electrons. The van der Waals surface area contributed by atoms with Crippen molar-refractivity contribution in [3.05, 3.63) is 14.6 Å². The summed E-state index contributed by atoms with van der Waals surface area (Å²) < 4.78 is 3.77. The van der Waals surface area contributed by atoms with Gasteiger partial charge in [-0.05, 0) is 4.91 Å². The zero-order chi connectivity index (χ0) is 7.84. The fourth-order valence-corrected chi connectivity index (χ4v) is 6.69. The van der Waals surface area contributed by atoms with Crippen molar-refractivity contribution < 1.29 is 0 Å². The number of fused-ring (bicyclic) bond motifs is 1. The molecule has 0 saturated heterocycles. The van der Waals surface area contributed by atoms with Crippen LogP contribution in [0.3, 0.4) is 0 Å². The molecule has 0 bridgehead atoms. The van der Waals surface area contributed by atoms with Crippen molar-refractivity contribution in [1.29, 1.82) is 0 Å². The predicted molar refractivity (Wildman–Crippen MR) is 58.8 cm³/mol. The molecule has 0 aromatic carbocycles. The summed E-state index contributed by atoms with van der Waals surface area (Å²) in [5, 5.41) is 0. The van der Waals surface area contributed by atoms with E-state index < -0.39 is 0 Å². The van der Waals surface area contributed by atoms with Crippen molar-refractivity contribution in [1.82, 2.24) is 0 Å². The third-order valence-electron chi connectivity index (χ3n) is 1.12. The smallest absolute Gasteiger partial charge is 0.108 e. The fourth-order valence-electron chi connectivity index (χ4n) is 0.713. The highest BCUT2D eigenvalue weighted by Crippen LogP contribution is 2.48. The van der Waals surface area contributed by atoms with Crippen molar-refractivity contribution in [2.45, 2.75) is 8.42 Å². The normalized spacial score (nSPS) is 16.5. The minimum absolute atomic E-state index is 1.03. The van der Waals surface area contributed by atoms with Gasteiger partial charge in [0.25, 0.3) is 0 Å². The highest BCUT2D eigenvalue weighted by molar-refractivity contribution is 8.11. The van der Waals surface area contributed by atoms with Gasteiger partial charge in [-0.2, -0.15) is 0 Å². The Balaban J connectivity index is 2.49. The minimum Gasteiger partial charge on any atom is -0.108 e. The quantitative estimate of drug-likeness (QED) is 0.618. The summed E-state index contributed by atoms with van der Waals surface area (Å²) >= 11 is 12.2. The van der Waals surface area contributed by atoms with E-state index in [-0.39, 0.29) is 0 Å². The van der Waals surface area contributed by atoms with E-state index in [1.165, 1.54) is 13.3 Å². The Bertz CT molecular complexity index is 344. The summed E-state index contributed by atoms with van der Waals surface area (Å²) in [6.45, 7) is 3.94. The molecule has 0 unspecified atom stereocenters. The first-order valence-corrected chi connectivity index (χ1v) is 6.72. The molecule has 2 rings (SSSR count). The summed E-state index contributed by atoms with van der Waals surface area (Å²) in [6, 6.07) is 0. The maximum atomic E-state index is 5.10. The molecule has 1 aliphatic heterocycles. The van der Waals surface area contributed by atoms with Gasteiger partial charge in [0, 0.05) is 5.75 Å². The number of rotatable bonds is 0. The molecule has 11 heavy (non-hydrogen) atoms. The van der Waals surface area contributed by atoms with Crippen LogP contribution < -0.4 is 0 Å². The van der Waals surface area contributed by atoms with Gasteiger partial charge in [0.05, 0.1) is 8.42 Å². The van der Waals surface area contributed by atoms with Crippen LogP contribution in [-0.2, 0) is 0 Å². The van der Waals surface area contributed by atoms with Crippen LogP contribution in [0.25, 0.3) is 0 Å². The van der Waals surface area contributed by atoms with Gasteiger partial charge in [-0.15, -0.1) is 34.4 Å². The molecule has 1 aliphatic rings. The Morgan fingerprint density at radius 3 is 2.82 bits per heavy atom. The molecule has 1 aromatic rings. The molecule has 0 N–H and O–H groups in total. The fraction of sp³-hybridized carbons (Fsp3) is 0.167. The first kappa shape index (κ1) is 8.31. The van der Waals surface area contributed by atoms with E-state index in [0.717, 1.165) is 8.89 Å². The molecule has 5 heteroatoms. The average Bonchev–Trinajstić information content (AvgIpc) is 2.27. The third kappa shape index (κ3) is 1.72. The van der Waals surface area contributed by atoms with Crippen LogP contribution in [0.4, 0.5) is 0 Å². The lowest BCUT2D eigenvalue weighted by atomic mass is 10.7. The lowest BCUT2D eigenvalue weighted by Gasteiger charge is -2.09. The van der Waals surface area contributed by atoms with Crippen molar-refractivity contribution in [3.8, 4) is 0 Å². The molecular formula is C6H4S5. The van der Waals surface area contributed by atoms with Crippen LogP contribution in [0.2, 0.25) is 0 Å². The average molecular weight is 236 g/mol. The van der Waals surface area contributed by atoms with Gasteiger partial charge in [0.2, 0.25) is 0 Å². The first-order valence-electron chi connectivity index (χ1n) is 2.88. The monoisotopic (exact) mass is 236 g/mol. The van der Waals surface area contributed by atoms with Crippen LogP contribution in [0.15, 0.2) is 19.9 Å². The molecule has 1 aromatic heterocycles. The Labute approximate surface area is 86.7 Å². The Kier molecular flexibility index (Phi) is 2.43. The van der Waals surface area contributed by atoms with Gasteiger partial charge in [-0.1, -0.05) is 30.6 Å². The van der Waals surface area contributed by atoms with E-state index in [9.17, 15) is 0 Å². The van der Waals surface area contributed by atoms with Gasteiger partial charge in [-0.3, -0.25) is 0 Å². The molecule has 58 valence electrons. The third-order valence-corrected chi connectivity index (χ3v) is 6.82. The van der Waals surface area contributed by atoms with Gasteiger partial charge in [0.15, 0.2) is 0 Å². The molecular weight excluding hydrogens is 232 g/mol. The summed E-state index contributed by atoms with van der Waals surface area (Å²) in [5.41, 5.74) is 0. The van der Waals surface area contributed by atoms with E-state index in [4.69, 9.17) is 12.2 Å². The van der Waals surface area contributed by atoms with Crippen molar-refractivity contribution in [2.75, 3.05) is 5.75 Å². The van der Waals surface area contributed by atoms with Crippen LogP contribution in [0.1, 0.15) is 0 Å². The summed E-state index contributed by atoms with van der Waals surface area (Å²) in [6.07, 6.45) is 0. The largest absolute Gasteiger partial charge is 0.145 e. The van der Waals surface area contributed by atoms with Gasteiger partial charge >= 0.3 is 0 Å². The Hall–Kier alpha value is 0.710.